The molecule has 0 bridgehead atoms. The molecule has 4 rings (SSSR count). The fourth-order valence-electron chi connectivity index (χ4n) is 4.10. The van der Waals surface area contributed by atoms with Crippen LogP contribution in [0.25, 0.3) is 0 Å². The molecule has 2 heterocycles. The highest BCUT2D eigenvalue weighted by Crippen LogP contribution is 2.27. The number of nitrogens with one attached hydrogen (secondary N) is 1. The lowest BCUT2D eigenvalue weighted by atomic mass is 10.1. The van der Waals surface area contributed by atoms with E-state index < -0.39 is 0 Å². The number of benzene rings is 2. The second-order valence-electron chi connectivity index (χ2n) is 7.81. The van der Waals surface area contributed by atoms with Crippen LogP contribution in [0, 0.1) is 5.82 Å². The summed E-state index contributed by atoms with van der Waals surface area (Å²) < 4.78 is 29.5. The third-order valence-corrected chi connectivity index (χ3v) is 5.93. The Bertz CT molecular complexity index is 1050. The van der Waals surface area contributed by atoms with Gasteiger partial charge in [0.25, 0.3) is 5.91 Å². The van der Waals surface area contributed by atoms with Crippen molar-refractivity contribution in [1.29, 1.82) is 0 Å². The molecular formula is C25H28FN3O4. The fourth-order valence-corrected chi connectivity index (χ4v) is 4.10. The Morgan fingerprint density at radius 2 is 1.82 bits per heavy atom. The molecule has 1 saturated heterocycles. The molecule has 1 atom stereocenters. The topological polar surface area (TPSA) is 67.2 Å². The lowest BCUT2D eigenvalue weighted by Crippen LogP contribution is -2.49. The number of amides is 1. The van der Waals surface area contributed by atoms with Crippen LogP contribution >= 0.6 is 0 Å². The molecule has 1 aliphatic heterocycles. The van der Waals surface area contributed by atoms with Crippen LogP contribution in [0.2, 0.25) is 0 Å². The number of nitrogens with zero attached hydrogens (tertiary/aromatic N) is 2. The zero-order chi connectivity index (χ0) is 23.2. The Balaban J connectivity index is 1.42. The van der Waals surface area contributed by atoms with Crippen LogP contribution in [0.15, 0.2) is 65.3 Å². The Kier molecular flexibility index (Phi) is 7.14. The normalized spacial score (nSPS) is 15.2. The third kappa shape index (κ3) is 5.28. The monoisotopic (exact) mass is 453 g/mol. The summed E-state index contributed by atoms with van der Waals surface area (Å²) >= 11 is 0. The van der Waals surface area contributed by atoms with Gasteiger partial charge in [0.05, 0.1) is 32.1 Å². The number of methoxy groups -OCH3 is 2. The summed E-state index contributed by atoms with van der Waals surface area (Å²) in [6.07, 6.45) is 1.64. The molecule has 7 nitrogen and oxygen atoms in total. The number of anilines is 1. The molecule has 2 aromatic carbocycles. The van der Waals surface area contributed by atoms with Crippen LogP contribution in [-0.4, -0.2) is 57.8 Å². The van der Waals surface area contributed by atoms with Gasteiger partial charge in [-0.15, -0.1) is 0 Å². The minimum atomic E-state index is -0.237. The molecule has 8 heteroatoms. The molecule has 1 amide bonds. The number of carbonyl (C=O) groups excluding carboxylic acids is 1. The van der Waals surface area contributed by atoms with Crippen molar-refractivity contribution in [1.82, 2.24) is 10.2 Å². The van der Waals surface area contributed by atoms with Crippen LogP contribution in [0.3, 0.4) is 0 Å². The SMILES string of the molecule is COc1ccc(C(=O)NCC(c2ccco2)N2CCN(c3ccc(F)cc3)CC2)c(OC)c1. The number of furan rings is 1. The van der Waals surface area contributed by atoms with Crippen LogP contribution in [0.5, 0.6) is 11.5 Å². The van der Waals surface area contributed by atoms with E-state index >= 15 is 0 Å². The first-order valence-corrected chi connectivity index (χ1v) is 10.9. The number of halogens is 1. The number of carbonyl (C=O) groups is 1. The molecule has 33 heavy (non-hydrogen) atoms. The average Bonchev–Trinajstić information content (AvgIpc) is 3.39. The van der Waals surface area contributed by atoms with E-state index in [-0.39, 0.29) is 17.8 Å². The Hall–Kier alpha value is -3.52. The zero-order valence-corrected chi connectivity index (χ0v) is 18.8. The summed E-state index contributed by atoms with van der Waals surface area (Å²) in [4.78, 5) is 17.5. The van der Waals surface area contributed by atoms with Gasteiger partial charge in [0.2, 0.25) is 0 Å². The van der Waals surface area contributed by atoms with E-state index in [2.05, 4.69) is 15.1 Å². The molecule has 1 N–H and O–H groups in total. The van der Waals surface area contributed by atoms with Crippen molar-refractivity contribution in [3.05, 3.63) is 78.0 Å². The zero-order valence-electron chi connectivity index (χ0n) is 18.8. The maximum atomic E-state index is 13.3. The highest BCUT2D eigenvalue weighted by molar-refractivity contribution is 5.97. The molecule has 1 aromatic heterocycles. The van der Waals surface area contributed by atoms with Crippen molar-refractivity contribution in [2.24, 2.45) is 0 Å². The molecule has 0 aliphatic carbocycles. The highest BCUT2D eigenvalue weighted by atomic mass is 19.1. The predicted molar refractivity (Wildman–Crippen MR) is 124 cm³/mol. The largest absolute Gasteiger partial charge is 0.497 e. The van der Waals surface area contributed by atoms with Gasteiger partial charge in [0.1, 0.15) is 23.1 Å². The first-order chi connectivity index (χ1) is 16.1. The van der Waals surface area contributed by atoms with Crippen molar-refractivity contribution in [3.8, 4) is 11.5 Å². The van der Waals surface area contributed by atoms with Gasteiger partial charge in [-0.05, 0) is 48.5 Å². The third-order valence-electron chi connectivity index (χ3n) is 5.93. The first kappa shape index (κ1) is 22.7. The summed E-state index contributed by atoms with van der Waals surface area (Å²) in [5, 5.41) is 3.03. The summed E-state index contributed by atoms with van der Waals surface area (Å²) in [5.74, 6) is 1.41. The number of hydrogen-bond donors (Lipinski definition) is 1. The molecular weight excluding hydrogens is 425 g/mol. The van der Waals surface area contributed by atoms with Gasteiger partial charge < -0.3 is 24.1 Å². The van der Waals surface area contributed by atoms with E-state index in [4.69, 9.17) is 13.9 Å². The quantitative estimate of drug-likeness (QED) is 0.561. The molecule has 0 saturated carbocycles. The summed E-state index contributed by atoms with van der Waals surface area (Å²) in [7, 11) is 3.09. The van der Waals surface area contributed by atoms with Crippen LogP contribution in [0.1, 0.15) is 22.2 Å². The smallest absolute Gasteiger partial charge is 0.255 e. The minimum Gasteiger partial charge on any atom is -0.497 e. The van der Waals surface area contributed by atoms with Crippen molar-refractivity contribution in [2.45, 2.75) is 6.04 Å². The maximum absolute atomic E-state index is 13.3. The summed E-state index contributed by atoms with van der Waals surface area (Å²) in [6.45, 7) is 3.54. The molecule has 1 unspecified atom stereocenters. The second kappa shape index (κ2) is 10.4. The van der Waals surface area contributed by atoms with Gasteiger partial charge in [0, 0.05) is 44.5 Å². The Labute approximate surface area is 192 Å². The minimum absolute atomic E-state index is 0.108. The maximum Gasteiger partial charge on any atom is 0.255 e. The number of hydrogen-bond acceptors (Lipinski definition) is 6. The molecule has 3 aromatic rings. The van der Waals surface area contributed by atoms with Crippen molar-refractivity contribution >= 4 is 11.6 Å². The van der Waals surface area contributed by atoms with E-state index in [0.717, 1.165) is 37.6 Å². The standard InChI is InChI=1S/C25H28FN3O4/c1-31-20-9-10-21(24(16-20)32-2)25(30)27-17-22(23-4-3-15-33-23)29-13-11-28(12-14-29)19-7-5-18(26)6-8-19/h3-10,15-16,22H,11-14,17H2,1-2H3,(H,27,30). The molecule has 174 valence electrons. The molecule has 1 fully saturated rings. The number of rotatable bonds is 8. The van der Waals surface area contributed by atoms with Gasteiger partial charge >= 0.3 is 0 Å². The second-order valence-corrected chi connectivity index (χ2v) is 7.81. The van der Waals surface area contributed by atoms with Crippen molar-refractivity contribution < 1.29 is 23.1 Å². The number of piperazine rings is 1. The van der Waals surface area contributed by atoms with E-state index in [9.17, 15) is 9.18 Å². The Morgan fingerprint density at radius 1 is 1.06 bits per heavy atom. The van der Waals surface area contributed by atoms with Crippen molar-refractivity contribution in [2.75, 3.05) is 51.8 Å². The highest BCUT2D eigenvalue weighted by Gasteiger charge is 2.28. The van der Waals surface area contributed by atoms with E-state index in [1.165, 1.54) is 19.2 Å². The summed E-state index contributed by atoms with van der Waals surface area (Å²) in [5.41, 5.74) is 1.45. The van der Waals surface area contributed by atoms with Crippen LogP contribution in [-0.2, 0) is 0 Å². The number of ether oxygens (including phenoxy) is 2. The van der Waals surface area contributed by atoms with Gasteiger partial charge in [-0.1, -0.05) is 0 Å². The van der Waals surface area contributed by atoms with Crippen LogP contribution < -0.4 is 19.7 Å². The van der Waals surface area contributed by atoms with E-state index in [1.54, 1.807) is 43.7 Å². The van der Waals surface area contributed by atoms with Gasteiger partial charge in [-0.2, -0.15) is 0 Å². The molecule has 1 aliphatic rings. The lowest BCUT2D eigenvalue weighted by Gasteiger charge is -2.39. The van der Waals surface area contributed by atoms with Gasteiger partial charge in [0.15, 0.2) is 0 Å². The first-order valence-electron chi connectivity index (χ1n) is 10.9. The van der Waals surface area contributed by atoms with E-state index in [0.29, 0.717) is 23.6 Å². The summed E-state index contributed by atoms with van der Waals surface area (Å²) in [6, 6.07) is 15.4. The Morgan fingerprint density at radius 3 is 2.45 bits per heavy atom. The lowest BCUT2D eigenvalue weighted by molar-refractivity contribution is 0.0920. The molecule has 0 radical (unpaired) electrons. The predicted octanol–water partition coefficient (Wildman–Crippen LogP) is 3.73. The van der Waals surface area contributed by atoms with Crippen molar-refractivity contribution in [3.63, 3.8) is 0 Å². The fraction of sp³-hybridized carbons (Fsp3) is 0.320. The molecule has 0 spiro atoms. The van der Waals surface area contributed by atoms with Gasteiger partial charge in [-0.25, -0.2) is 4.39 Å². The van der Waals surface area contributed by atoms with E-state index in [1.807, 2.05) is 12.1 Å². The average molecular weight is 454 g/mol. The van der Waals surface area contributed by atoms with Crippen LogP contribution in [0.4, 0.5) is 10.1 Å². The van der Waals surface area contributed by atoms with Gasteiger partial charge in [-0.3, -0.25) is 9.69 Å².